The predicted octanol–water partition coefficient (Wildman–Crippen LogP) is 8.52. The fourth-order valence-electron chi connectivity index (χ4n) is 4.75. The Labute approximate surface area is 186 Å². The molecule has 0 aromatic heterocycles. The average Bonchev–Trinajstić information content (AvgIpc) is 2.70. The molecule has 29 heavy (non-hydrogen) atoms. The third-order valence-electron chi connectivity index (χ3n) is 6.58. The van der Waals surface area contributed by atoms with E-state index in [0.717, 1.165) is 0 Å². The maximum Gasteiger partial charge on any atom is -0.412 e. The summed E-state index contributed by atoms with van der Waals surface area (Å²) in [7, 11) is -1.25. The van der Waals surface area contributed by atoms with Gasteiger partial charge in [0.15, 0.2) is 0 Å². The molecule has 0 fully saturated rings. The minimum Gasteiger partial charge on any atom is -0.412 e. The summed E-state index contributed by atoms with van der Waals surface area (Å²) in [5, 5.41) is 4.14. The molecular weight excluding hydrogens is 373 g/mol. The van der Waals surface area contributed by atoms with Gasteiger partial charge < -0.3 is 5.48 Å². The largest absolute Gasteiger partial charge is 0.412 e. The minimum atomic E-state index is -1.25. The second-order valence-corrected chi connectivity index (χ2v) is 13.8. The zero-order valence-electron chi connectivity index (χ0n) is 21.1. The molecule has 0 unspecified atom stereocenters. The van der Waals surface area contributed by atoms with Crippen LogP contribution in [0.15, 0.2) is 0 Å². The molecule has 0 radical (unpaired) electrons. The molecule has 0 rings (SSSR count). The Morgan fingerprint density at radius 1 is 0.414 bits per heavy atom. The minimum absolute atomic E-state index is 0. The molecule has 0 bridgehead atoms. The van der Waals surface area contributed by atoms with E-state index in [1.165, 1.54) is 122 Å². The van der Waals surface area contributed by atoms with Crippen LogP contribution in [0.4, 0.5) is 0 Å². The normalized spacial score (nSPS) is 12.1. The van der Waals surface area contributed by atoms with E-state index in [0.29, 0.717) is 0 Å². The van der Waals surface area contributed by atoms with E-state index < -0.39 is 7.41 Å². The Balaban J connectivity index is 0. The van der Waals surface area contributed by atoms with Crippen LogP contribution in [0.5, 0.6) is 0 Å². The standard InChI is InChI=1S/C26H58NP.H2O/c1-5-9-12-15-18-21-24-28(27-8-4,25-22-19-16-13-10-6-2)26-23-20-17-14-11-7-3;/h27-28H,5-26H2,1-4H3;1H2. The Morgan fingerprint density at radius 3 is 0.966 bits per heavy atom. The van der Waals surface area contributed by atoms with E-state index in [-0.39, 0.29) is 5.48 Å². The van der Waals surface area contributed by atoms with Crippen LogP contribution in [0.3, 0.4) is 0 Å². The van der Waals surface area contributed by atoms with Crippen LogP contribution in [-0.4, -0.2) is 30.5 Å². The maximum absolute atomic E-state index is 4.14. The number of unbranched alkanes of at least 4 members (excludes halogenated alkanes) is 15. The fraction of sp³-hybridized carbons (Fsp3) is 1.00. The van der Waals surface area contributed by atoms with Crippen molar-refractivity contribution in [2.45, 2.75) is 143 Å². The second-order valence-electron chi connectivity index (χ2n) is 9.36. The summed E-state index contributed by atoms with van der Waals surface area (Å²) in [5.41, 5.74) is 0. The smallest absolute Gasteiger partial charge is 0.412 e. The van der Waals surface area contributed by atoms with Crippen molar-refractivity contribution in [3.63, 3.8) is 0 Å². The molecule has 0 amide bonds. The van der Waals surface area contributed by atoms with Crippen molar-refractivity contribution in [3.8, 4) is 0 Å². The topological polar surface area (TPSA) is 43.5 Å². The predicted molar refractivity (Wildman–Crippen MR) is 140 cm³/mol. The first kappa shape index (κ1) is 31.5. The number of hydrogen-bond acceptors (Lipinski definition) is 1. The molecule has 0 aromatic rings. The third kappa shape index (κ3) is 20.0. The number of rotatable bonds is 23. The summed E-state index contributed by atoms with van der Waals surface area (Å²) in [5.74, 6) is 0. The van der Waals surface area contributed by atoms with Gasteiger partial charge in [0.1, 0.15) is 0 Å². The van der Waals surface area contributed by atoms with Crippen molar-refractivity contribution in [3.05, 3.63) is 0 Å². The van der Waals surface area contributed by atoms with Crippen LogP contribution in [0.2, 0.25) is 0 Å². The molecule has 3 heteroatoms. The van der Waals surface area contributed by atoms with Crippen LogP contribution < -0.4 is 5.09 Å². The molecule has 180 valence electrons. The number of hydrogen-bond donors (Lipinski definition) is 1. The molecule has 0 aliphatic carbocycles. The van der Waals surface area contributed by atoms with E-state index in [1.54, 1.807) is 18.5 Å². The zero-order chi connectivity index (χ0) is 20.8. The van der Waals surface area contributed by atoms with Crippen LogP contribution >= 0.6 is 7.41 Å². The summed E-state index contributed by atoms with van der Waals surface area (Å²) >= 11 is 0. The molecular formula is C26H60NOP. The van der Waals surface area contributed by atoms with E-state index in [9.17, 15) is 0 Å². The van der Waals surface area contributed by atoms with Crippen LogP contribution in [0.1, 0.15) is 143 Å². The van der Waals surface area contributed by atoms with Gasteiger partial charge >= 0.3 is 181 Å². The van der Waals surface area contributed by atoms with Gasteiger partial charge in [-0.05, 0) is 0 Å². The third-order valence-corrected chi connectivity index (χ3v) is 11.6. The summed E-state index contributed by atoms with van der Waals surface area (Å²) in [4.78, 5) is 0. The molecule has 0 heterocycles. The van der Waals surface area contributed by atoms with Gasteiger partial charge in [-0.1, -0.05) is 0 Å². The van der Waals surface area contributed by atoms with Gasteiger partial charge in [-0.25, -0.2) is 0 Å². The average molecular weight is 434 g/mol. The van der Waals surface area contributed by atoms with Crippen molar-refractivity contribution in [1.29, 1.82) is 0 Å². The van der Waals surface area contributed by atoms with E-state index in [2.05, 4.69) is 32.8 Å². The number of nitrogens with one attached hydrogen (secondary N) is 1. The van der Waals surface area contributed by atoms with Crippen LogP contribution in [-0.2, 0) is 0 Å². The molecule has 0 aliphatic heterocycles. The molecule has 0 saturated heterocycles. The van der Waals surface area contributed by atoms with Crippen molar-refractivity contribution < 1.29 is 5.48 Å². The Hall–Kier alpha value is 0.350. The van der Waals surface area contributed by atoms with Gasteiger partial charge in [0, 0.05) is 0 Å². The summed E-state index contributed by atoms with van der Waals surface area (Å²) < 4.78 is 0. The maximum atomic E-state index is 4.14. The summed E-state index contributed by atoms with van der Waals surface area (Å²) in [6.45, 7) is 10.5. The second kappa shape index (κ2) is 24.6. The van der Waals surface area contributed by atoms with Crippen molar-refractivity contribution >= 4 is 7.41 Å². The monoisotopic (exact) mass is 433 g/mol. The van der Waals surface area contributed by atoms with Crippen molar-refractivity contribution in [2.24, 2.45) is 0 Å². The van der Waals surface area contributed by atoms with Gasteiger partial charge in [0.2, 0.25) is 0 Å². The summed E-state index contributed by atoms with van der Waals surface area (Å²) in [6.07, 6.45) is 30.8. The van der Waals surface area contributed by atoms with Crippen LogP contribution in [0.25, 0.3) is 0 Å². The zero-order valence-corrected chi connectivity index (χ0v) is 22.1. The molecule has 0 spiro atoms. The van der Waals surface area contributed by atoms with Gasteiger partial charge in [-0.2, -0.15) is 0 Å². The molecule has 2 nitrogen and oxygen atoms in total. The van der Waals surface area contributed by atoms with E-state index in [1.807, 2.05) is 0 Å². The van der Waals surface area contributed by atoms with Gasteiger partial charge in [0.05, 0.1) is 0 Å². The quantitative estimate of drug-likeness (QED) is 0.127. The van der Waals surface area contributed by atoms with Gasteiger partial charge in [-0.15, -0.1) is 0 Å². The Bertz CT molecular complexity index is 258. The van der Waals surface area contributed by atoms with Gasteiger partial charge in [-0.3, -0.25) is 0 Å². The molecule has 3 N–H and O–H groups in total. The van der Waals surface area contributed by atoms with Crippen molar-refractivity contribution in [1.82, 2.24) is 5.09 Å². The van der Waals surface area contributed by atoms with Gasteiger partial charge in [0.25, 0.3) is 0 Å². The van der Waals surface area contributed by atoms with Crippen LogP contribution in [0, 0.1) is 0 Å². The SMILES string of the molecule is CCCCCCCC[PH](CCCCCCCC)(CCCCCCCC)NCC.O. The summed E-state index contributed by atoms with van der Waals surface area (Å²) in [6, 6.07) is 0. The first-order chi connectivity index (χ1) is 13.7. The Kier molecular flexibility index (Phi) is 26.8. The molecule has 0 aromatic carbocycles. The van der Waals surface area contributed by atoms with Crippen molar-refractivity contribution in [2.75, 3.05) is 25.0 Å². The first-order valence-corrected chi connectivity index (χ1v) is 16.1. The molecule has 0 atom stereocenters. The molecule has 0 saturated carbocycles. The van der Waals surface area contributed by atoms with E-state index in [4.69, 9.17) is 0 Å². The van der Waals surface area contributed by atoms with E-state index >= 15 is 0 Å². The first-order valence-electron chi connectivity index (χ1n) is 13.5. The molecule has 0 aliphatic rings. The fourth-order valence-corrected chi connectivity index (χ4v) is 9.56. The Morgan fingerprint density at radius 2 is 0.690 bits per heavy atom.